The number of fused-ring (bicyclic) bond motifs is 1. The van der Waals surface area contributed by atoms with Crippen LogP contribution in [-0.4, -0.2) is 9.97 Å². The quantitative estimate of drug-likeness (QED) is 0.245. The Morgan fingerprint density at radius 1 is 0.581 bits per heavy atom. The first-order valence-electron chi connectivity index (χ1n) is 9.70. The van der Waals surface area contributed by atoms with Gasteiger partial charge in [-0.3, -0.25) is 0 Å². The van der Waals surface area contributed by atoms with Crippen LogP contribution < -0.4 is 0 Å². The van der Waals surface area contributed by atoms with Crippen LogP contribution in [0.15, 0.2) is 57.9 Å². The van der Waals surface area contributed by atoms with Gasteiger partial charge in [-0.1, -0.05) is 0 Å². The van der Waals surface area contributed by atoms with Gasteiger partial charge in [-0.2, -0.15) is 22.7 Å². The van der Waals surface area contributed by atoms with Gasteiger partial charge in [0.05, 0.1) is 21.1 Å². The molecule has 0 aliphatic heterocycles. The van der Waals surface area contributed by atoms with E-state index in [9.17, 15) is 0 Å². The molecule has 0 bridgehead atoms. The van der Waals surface area contributed by atoms with Crippen molar-refractivity contribution in [3.05, 3.63) is 67.7 Å². The van der Waals surface area contributed by atoms with Crippen molar-refractivity contribution in [2.24, 2.45) is 0 Å². The standard InChI is InChI=1S/C24H16N2S5/c1-13-3-5-17(29-13)23-21-22(24(31-23)18-6-4-14(2)30-18)26-20(16-8-10-28-12-16)19(25-21)15-7-9-27-11-15/h3-12H,1-2H3. The van der Waals surface area contributed by atoms with Gasteiger partial charge >= 0.3 is 0 Å². The molecule has 0 radical (unpaired) electrons. The third-order valence-corrected chi connectivity index (χ3v) is 9.94. The van der Waals surface area contributed by atoms with Crippen LogP contribution in [0.25, 0.3) is 53.1 Å². The minimum atomic E-state index is 0.966. The summed E-state index contributed by atoms with van der Waals surface area (Å²) in [4.78, 5) is 18.2. The average Bonchev–Trinajstić information content (AvgIpc) is 3.56. The Morgan fingerprint density at radius 3 is 1.42 bits per heavy atom. The number of aryl methyl sites for hydroxylation is 2. The fourth-order valence-electron chi connectivity index (χ4n) is 3.60. The molecular weight excluding hydrogens is 477 g/mol. The highest BCUT2D eigenvalue weighted by Gasteiger charge is 2.23. The van der Waals surface area contributed by atoms with Crippen LogP contribution in [0, 0.1) is 13.8 Å². The SMILES string of the molecule is Cc1ccc(-c2sc(-c3ccc(C)s3)c3nc(-c4ccsc4)c(-c4ccsc4)nc23)s1. The molecule has 0 fully saturated rings. The molecule has 0 saturated carbocycles. The predicted octanol–water partition coefficient (Wildman–Crippen LogP) is 9.22. The summed E-state index contributed by atoms with van der Waals surface area (Å²) in [5.74, 6) is 0. The van der Waals surface area contributed by atoms with E-state index >= 15 is 0 Å². The van der Waals surface area contributed by atoms with Crippen molar-refractivity contribution >= 4 is 67.7 Å². The Morgan fingerprint density at radius 2 is 1.06 bits per heavy atom. The van der Waals surface area contributed by atoms with Gasteiger partial charge < -0.3 is 0 Å². The third kappa shape index (κ3) is 3.41. The van der Waals surface area contributed by atoms with Crippen molar-refractivity contribution in [3.8, 4) is 42.0 Å². The molecule has 7 heteroatoms. The minimum Gasteiger partial charge on any atom is -0.242 e. The highest BCUT2D eigenvalue weighted by Crippen LogP contribution is 2.47. The minimum absolute atomic E-state index is 0.966. The smallest absolute Gasteiger partial charge is 0.110 e. The first kappa shape index (κ1) is 19.5. The Hall–Kier alpha value is -2.16. The maximum absolute atomic E-state index is 5.28. The second-order valence-electron chi connectivity index (χ2n) is 7.22. The van der Waals surface area contributed by atoms with Crippen LogP contribution in [0.3, 0.4) is 0 Å². The first-order chi connectivity index (χ1) is 15.2. The second-order valence-corrected chi connectivity index (χ2v) is 12.4. The summed E-state index contributed by atoms with van der Waals surface area (Å²) in [7, 11) is 0. The molecule has 6 aromatic rings. The molecule has 0 atom stereocenters. The fourth-order valence-corrected chi connectivity index (χ4v) is 8.02. The summed E-state index contributed by atoms with van der Waals surface area (Å²) in [6.07, 6.45) is 0. The van der Waals surface area contributed by atoms with E-state index in [0.717, 1.165) is 33.5 Å². The maximum Gasteiger partial charge on any atom is 0.110 e. The van der Waals surface area contributed by atoms with Crippen molar-refractivity contribution in [2.45, 2.75) is 13.8 Å². The molecule has 0 unspecified atom stereocenters. The molecule has 31 heavy (non-hydrogen) atoms. The van der Waals surface area contributed by atoms with Gasteiger partial charge in [0.2, 0.25) is 0 Å². The number of aromatic nitrogens is 2. The van der Waals surface area contributed by atoms with Crippen molar-refractivity contribution in [3.63, 3.8) is 0 Å². The molecule has 0 aromatic carbocycles. The highest BCUT2D eigenvalue weighted by molar-refractivity contribution is 7.28. The molecule has 0 spiro atoms. The Labute approximate surface area is 200 Å². The molecule has 6 heterocycles. The Balaban J connectivity index is 1.71. The lowest BCUT2D eigenvalue weighted by Gasteiger charge is -2.07. The van der Waals surface area contributed by atoms with Gasteiger partial charge in [0.1, 0.15) is 11.0 Å². The molecule has 2 nitrogen and oxygen atoms in total. The largest absolute Gasteiger partial charge is 0.242 e. The Bertz CT molecular complexity index is 1380. The van der Waals surface area contributed by atoms with Crippen LogP contribution >= 0.6 is 56.7 Å². The molecule has 0 saturated heterocycles. The summed E-state index contributed by atoms with van der Waals surface area (Å²) in [6.45, 7) is 4.31. The van der Waals surface area contributed by atoms with Crippen LogP contribution in [-0.2, 0) is 0 Å². The lowest BCUT2D eigenvalue weighted by atomic mass is 10.1. The molecule has 152 valence electrons. The van der Waals surface area contributed by atoms with Crippen LogP contribution in [0.1, 0.15) is 9.75 Å². The molecule has 6 aromatic heterocycles. The zero-order valence-electron chi connectivity index (χ0n) is 16.7. The van der Waals surface area contributed by atoms with Gasteiger partial charge in [0.15, 0.2) is 0 Å². The van der Waals surface area contributed by atoms with Crippen molar-refractivity contribution in [2.75, 3.05) is 0 Å². The molecular formula is C24H16N2S5. The second kappa shape index (κ2) is 7.76. The number of rotatable bonds is 4. The summed E-state index contributed by atoms with van der Waals surface area (Å²) >= 11 is 8.86. The molecule has 0 aliphatic carbocycles. The molecule has 0 aliphatic rings. The lowest BCUT2D eigenvalue weighted by molar-refractivity contribution is 1.31. The van der Waals surface area contributed by atoms with Crippen LogP contribution in [0.2, 0.25) is 0 Å². The first-order valence-corrected chi connectivity index (χ1v) is 14.0. The van der Waals surface area contributed by atoms with Crippen molar-refractivity contribution < 1.29 is 0 Å². The van der Waals surface area contributed by atoms with E-state index in [1.807, 2.05) is 34.0 Å². The highest BCUT2D eigenvalue weighted by atomic mass is 32.1. The van der Waals surface area contributed by atoms with Gasteiger partial charge in [0.25, 0.3) is 0 Å². The van der Waals surface area contributed by atoms with Crippen LogP contribution in [0.5, 0.6) is 0 Å². The molecule has 6 rings (SSSR count). The van der Waals surface area contributed by atoms with E-state index in [4.69, 9.17) is 9.97 Å². The summed E-state index contributed by atoms with van der Waals surface area (Å²) in [6, 6.07) is 13.1. The van der Waals surface area contributed by atoms with Crippen LogP contribution in [0.4, 0.5) is 0 Å². The lowest BCUT2D eigenvalue weighted by Crippen LogP contribution is -1.93. The molecule has 0 N–H and O–H groups in total. The number of nitrogens with zero attached hydrogens (tertiary/aromatic N) is 2. The van der Waals surface area contributed by atoms with Gasteiger partial charge in [-0.15, -0.1) is 34.0 Å². The normalized spacial score (nSPS) is 11.5. The fraction of sp³-hybridized carbons (Fsp3) is 0.0833. The van der Waals surface area contributed by atoms with E-state index in [-0.39, 0.29) is 0 Å². The van der Waals surface area contributed by atoms with Gasteiger partial charge in [-0.05, 0) is 61.0 Å². The Kier molecular flexibility index (Phi) is 4.89. The maximum atomic E-state index is 5.28. The molecule has 0 amide bonds. The number of thiophene rings is 5. The zero-order chi connectivity index (χ0) is 20.9. The van der Waals surface area contributed by atoms with Crippen molar-refractivity contribution in [1.82, 2.24) is 9.97 Å². The van der Waals surface area contributed by atoms with E-state index < -0.39 is 0 Å². The zero-order valence-corrected chi connectivity index (χ0v) is 20.8. The van der Waals surface area contributed by atoms with E-state index in [1.54, 1.807) is 22.7 Å². The monoisotopic (exact) mass is 492 g/mol. The van der Waals surface area contributed by atoms with Gasteiger partial charge in [-0.25, -0.2) is 9.97 Å². The average molecular weight is 493 g/mol. The number of hydrogen-bond acceptors (Lipinski definition) is 7. The van der Waals surface area contributed by atoms with E-state index in [1.165, 1.54) is 29.3 Å². The summed E-state index contributed by atoms with van der Waals surface area (Å²) < 4.78 is 0. The third-order valence-electron chi connectivity index (χ3n) is 5.05. The van der Waals surface area contributed by atoms with E-state index in [0.29, 0.717) is 0 Å². The number of hydrogen-bond donors (Lipinski definition) is 0. The van der Waals surface area contributed by atoms with Crippen molar-refractivity contribution in [1.29, 1.82) is 0 Å². The summed E-state index contributed by atoms with van der Waals surface area (Å²) in [5, 5.41) is 8.54. The predicted molar refractivity (Wildman–Crippen MR) is 140 cm³/mol. The van der Waals surface area contributed by atoms with E-state index in [2.05, 4.69) is 71.8 Å². The van der Waals surface area contributed by atoms with Gasteiger partial charge in [0, 0.05) is 41.4 Å². The summed E-state index contributed by atoms with van der Waals surface area (Å²) in [5.41, 5.74) is 6.21. The topological polar surface area (TPSA) is 25.8 Å².